The number of anilines is 1. The summed E-state index contributed by atoms with van der Waals surface area (Å²) in [5.41, 5.74) is 0.824. The van der Waals surface area contributed by atoms with Crippen molar-refractivity contribution in [3.05, 3.63) is 60.2 Å². The minimum atomic E-state index is -0.399. The first-order chi connectivity index (χ1) is 15.4. The zero-order valence-corrected chi connectivity index (χ0v) is 18.1. The molecule has 0 atom stereocenters. The van der Waals surface area contributed by atoms with Gasteiger partial charge in [0.15, 0.2) is 11.0 Å². The fourth-order valence-corrected chi connectivity index (χ4v) is 4.08. The van der Waals surface area contributed by atoms with Crippen LogP contribution in [0.4, 0.5) is 14.5 Å². The van der Waals surface area contributed by atoms with Gasteiger partial charge in [-0.1, -0.05) is 23.9 Å². The molecule has 0 spiro atoms. The van der Waals surface area contributed by atoms with Crippen LogP contribution in [0, 0.1) is 11.6 Å². The number of hydrogen-bond donors (Lipinski definition) is 1. The van der Waals surface area contributed by atoms with Crippen LogP contribution in [0.2, 0.25) is 0 Å². The SMILES string of the molecule is CN(CC(=O)Nc1ccc(F)cc1)C(=O)CSc1nnc(-c2ccccc2F)n1C1CC1. The molecule has 32 heavy (non-hydrogen) atoms. The Morgan fingerprint density at radius 3 is 2.53 bits per heavy atom. The molecule has 1 aliphatic carbocycles. The molecule has 1 saturated carbocycles. The van der Waals surface area contributed by atoms with E-state index in [0.717, 1.165) is 12.8 Å². The van der Waals surface area contributed by atoms with Gasteiger partial charge in [-0.25, -0.2) is 8.78 Å². The number of nitrogens with one attached hydrogen (secondary N) is 1. The number of aromatic nitrogens is 3. The molecule has 1 heterocycles. The quantitative estimate of drug-likeness (QED) is 0.521. The zero-order chi connectivity index (χ0) is 22.7. The molecule has 166 valence electrons. The monoisotopic (exact) mass is 457 g/mol. The van der Waals surface area contributed by atoms with Gasteiger partial charge in [-0.2, -0.15) is 0 Å². The predicted octanol–water partition coefficient (Wildman–Crippen LogP) is 3.75. The van der Waals surface area contributed by atoms with Crippen molar-refractivity contribution in [1.82, 2.24) is 19.7 Å². The van der Waals surface area contributed by atoms with Crippen molar-refractivity contribution < 1.29 is 18.4 Å². The average molecular weight is 458 g/mol. The molecule has 0 aliphatic heterocycles. The van der Waals surface area contributed by atoms with Crippen molar-refractivity contribution in [2.45, 2.75) is 24.0 Å². The molecular formula is C22H21F2N5O2S. The Morgan fingerprint density at radius 2 is 1.84 bits per heavy atom. The number of nitrogens with zero attached hydrogens (tertiary/aromatic N) is 4. The minimum absolute atomic E-state index is 0.0580. The van der Waals surface area contributed by atoms with E-state index < -0.39 is 5.82 Å². The second-order valence-electron chi connectivity index (χ2n) is 7.48. The molecule has 0 radical (unpaired) electrons. The van der Waals surface area contributed by atoms with Gasteiger partial charge in [0.1, 0.15) is 11.6 Å². The molecule has 7 nitrogen and oxygen atoms in total. The van der Waals surface area contributed by atoms with Crippen LogP contribution in [0.1, 0.15) is 18.9 Å². The lowest BCUT2D eigenvalue weighted by molar-refractivity contribution is -0.131. The second kappa shape index (κ2) is 9.47. The van der Waals surface area contributed by atoms with Gasteiger partial charge in [-0.05, 0) is 49.2 Å². The Balaban J connectivity index is 1.37. The smallest absolute Gasteiger partial charge is 0.243 e. The maximum Gasteiger partial charge on any atom is 0.243 e. The molecule has 2 amide bonds. The number of hydrogen-bond acceptors (Lipinski definition) is 5. The predicted molar refractivity (Wildman–Crippen MR) is 117 cm³/mol. The Labute approximate surface area is 187 Å². The van der Waals surface area contributed by atoms with Gasteiger partial charge >= 0.3 is 0 Å². The van der Waals surface area contributed by atoms with E-state index in [1.54, 1.807) is 18.2 Å². The zero-order valence-electron chi connectivity index (χ0n) is 17.3. The van der Waals surface area contributed by atoms with E-state index in [4.69, 9.17) is 0 Å². The molecule has 1 fully saturated rings. The lowest BCUT2D eigenvalue weighted by atomic mass is 10.2. The molecule has 4 rings (SSSR count). The van der Waals surface area contributed by atoms with E-state index in [1.165, 1.54) is 54.0 Å². The van der Waals surface area contributed by atoms with Gasteiger partial charge in [-0.3, -0.25) is 14.2 Å². The number of halogens is 2. The van der Waals surface area contributed by atoms with Crippen LogP contribution in [-0.2, 0) is 9.59 Å². The van der Waals surface area contributed by atoms with Gasteiger partial charge in [0.05, 0.1) is 17.9 Å². The van der Waals surface area contributed by atoms with Crippen LogP contribution in [0.3, 0.4) is 0 Å². The van der Waals surface area contributed by atoms with Crippen LogP contribution in [0.25, 0.3) is 11.4 Å². The van der Waals surface area contributed by atoms with Gasteiger partial charge in [0, 0.05) is 18.8 Å². The van der Waals surface area contributed by atoms with Crippen molar-refractivity contribution in [1.29, 1.82) is 0 Å². The van der Waals surface area contributed by atoms with Crippen molar-refractivity contribution in [2.75, 3.05) is 24.7 Å². The molecule has 0 saturated heterocycles. The van der Waals surface area contributed by atoms with E-state index in [2.05, 4.69) is 15.5 Å². The van der Waals surface area contributed by atoms with Gasteiger partial charge < -0.3 is 10.2 Å². The molecule has 1 N–H and O–H groups in total. The highest BCUT2D eigenvalue weighted by molar-refractivity contribution is 7.99. The summed E-state index contributed by atoms with van der Waals surface area (Å²) in [6.45, 7) is -0.146. The van der Waals surface area contributed by atoms with E-state index in [9.17, 15) is 18.4 Å². The minimum Gasteiger partial charge on any atom is -0.336 e. The van der Waals surface area contributed by atoms with E-state index in [0.29, 0.717) is 22.2 Å². The third-order valence-electron chi connectivity index (χ3n) is 4.95. The summed E-state index contributed by atoms with van der Waals surface area (Å²) < 4.78 is 29.1. The number of likely N-dealkylation sites (N-methyl/N-ethyl adjacent to an activating group) is 1. The van der Waals surface area contributed by atoms with E-state index in [1.807, 2.05) is 4.57 Å². The second-order valence-corrected chi connectivity index (χ2v) is 8.42. The van der Waals surface area contributed by atoms with E-state index >= 15 is 0 Å². The molecule has 1 aliphatic rings. The first-order valence-corrected chi connectivity index (χ1v) is 11.0. The summed E-state index contributed by atoms with van der Waals surface area (Å²) in [4.78, 5) is 26.0. The van der Waals surface area contributed by atoms with Crippen molar-refractivity contribution in [2.24, 2.45) is 0 Å². The number of rotatable bonds is 8. The normalized spacial score (nSPS) is 13.1. The van der Waals surface area contributed by atoms with Crippen LogP contribution < -0.4 is 5.32 Å². The largest absolute Gasteiger partial charge is 0.336 e. The summed E-state index contributed by atoms with van der Waals surface area (Å²) >= 11 is 1.21. The lowest BCUT2D eigenvalue weighted by Gasteiger charge is -2.17. The summed E-state index contributed by atoms with van der Waals surface area (Å²) in [7, 11) is 1.53. The summed E-state index contributed by atoms with van der Waals surface area (Å²) in [6, 6.07) is 12.0. The van der Waals surface area contributed by atoms with Crippen LogP contribution in [-0.4, -0.2) is 50.8 Å². The summed E-state index contributed by atoms with van der Waals surface area (Å²) in [5.74, 6) is -0.913. The standard InChI is InChI=1S/C22H21F2N5O2S/c1-28(12-19(30)25-15-8-6-14(23)7-9-15)20(31)13-32-22-27-26-21(29(22)16-10-11-16)17-4-2-3-5-18(17)24/h2-9,16H,10-13H2,1H3,(H,25,30). The lowest BCUT2D eigenvalue weighted by Crippen LogP contribution is -2.36. The number of benzene rings is 2. The molecular weight excluding hydrogens is 436 g/mol. The Kier molecular flexibility index (Phi) is 6.50. The van der Waals surface area contributed by atoms with Crippen LogP contribution in [0.15, 0.2) is 53.7 Å². The number of amides is 2. The van der Waals surface area contributed by atoms with Crippen LogP contribution >= 0.6 is 11.8 Å². The van der Waals surface area contributed by atoms with Crippen molar-refractivity contribution in [3.8, 4) is 11.4 Å². The van der Waals surface area contributed by atoms with Crippen molar-refractivity contribution in [3.63, 3.8) is 0 Å². The molecule has 2 aromatic carbocycles. The number of carbonyl (C=O) groups excluding carboxylic acids is 2. The molecule has 0 bridgehead atoms. The third-order valence-corrected chi connectivity index (χ3v) is 5.88. The Morgan fingerprint density at radius 1 is 1.12 bits per heavy atom. The first kappa shape index (κ1) is 21.9. The van der Waals surface area contributed by atoms with Crippen LogP contribution in [0.5, 0.6) is 0 Å². The fraction of sp³-hybridized carbons (Fsp3) is 0.273. The third kappa shape index (κ3) is 5.13. The fourth-order valence-electron chi connectivity index (χ4n) is 3.14. The van der Waals surface area contributed by atoms with Crippen molar-refractivity contribution >= 4 is 29.3 Å². The highest BCUT2D eigenvalue weighted by Crippen LogP contribution is 2.41. The number of carbonyl (C=O) groups is 2. The molecule has 0 unspecified atom stereocenters. The first-order valence-electron chi connectivity index (χ1n) is 10.0. The highest BCUT2D eigenvalue weighted by Gasteiger charge is 2.31. The van der Waals surface area contributed by atoms with Gasteiger partial charge in [-0.15, -0.1) is 10.2 Å². The Bertz CT molecular complexity index is 1130. The van der Waals surface area contributed by atoms with Gasteiger partial charge in [0.25, 0.3) is 0 Å². The molecule has 1 aromatic heterocycles. The number of thioether (sulfide) groups is 1. The average Bonchev–Trinajstić information content (AvgIpc) is 3.53. The summed E-state index contributed by atoms with van der Waals surface area (Å²) in [5, 5.41) is 11.5. The summed E-state index contributed by atoms with van der Waals surface area (Å²) in [6.07, 6.45) is 1.90. The van der Waals surface area contributed by atoms with Gasteiger partial charge in [0.2, 0.25) is 11.8 Å². The molecule has 3 aromatic rings. The molecule has 10 heteroatoms. The van der Waals surface area contributed by atoms with E-state index in [-0.39, 0.29) is 36.0 Å². The maximum absolute atomic E-state index is 14.3. The highest BCUT2D eigenvalue weighted by atomic mass is 32.2. The Hall–Kier alpha value is -3.27. The topological polar surface area (TPSA) is 80.1 Å². The maximum atomic E-state index is 14.3.